The smallest absolute Gasteiger partial charge is 0.228 e. The summed E-state index contributed by atoms with van der Waals surface area (Å²) in [5.41, 5.74) is 4.69. The predicted octanol–water partition coefficient (Wildman–Crippen LogP) is 4.32. The summed E-state index contributed by atoms with van der Waals surface area (Å²) in [5.74, 6) is 1.04. The van der Waals surface area contributed by atoms with Crippen molar-refractivity contribution >= 4 is 34.3 Å². The molecule has 2 aromatic carbocycles. The van der Waals surface area contributed by atoms with Gasteiger partial charge in [0, 0.05) is 41.2 Å². The monoisotopic (exact) mass is 374 g/mol. The van der Waals surface area contributed by atoms with E-state index in [0.29, 0.717) is 6.42 Å². The summed E-state index contributed by atoms with van der Waals surface area (Å²) in [6.07, 6.45) is 4.31. The van der Waals surface area contributed by atoms with Gasteiger partial charge in [0.05, 0.1) is 17.8 Å². The maximum atomic E-state index is 12.7. The van der Waals surface area contributed by atoms with E-state index in [1.54, 1.807) is 11.8 Å². The second-order valence-electron chi connectivity index (χ2n) is 6.58. The molecule has 0 spiro atoms. The molecule has 5 nitrogen and oxygen atoms in total. The van der Waals surface area contributed by atoms with E-state index in [1.807, 2.05) is 54.7 Å². The number of aromatic nitrogens is 3. The maximum Gasteiger partial charge on any atom is 0.228 e. The Morgan fingerprint density at radius 2 is 2.04 bits per heavy atom. The molecule has 0 bridgehead atoms. The van der Waals surface area contributed by atoms with Crippen molar-refractivity contribution < 1.29 is 4.79 Å². The van der Waals surface area contributed by atoms with E-state index >= 15 is 0 Å². The summed E-state index contributed by atoms with van der Waals surface area (Å²) in [7, 11) is 0. The number of H-pyrrole nitrogens is 1. The summed E-state index contributed by atoms with van der Waals surface area (Å²) < 4.78 is 2.17. The van der Waals surface area contributed by atoms with Crippen LogP contribution in [0.15, 0.2) is 66.1 Å². The number of para-hydroxylation sites is 2. The van der Waals surface area contributed by atoms with Crippen LogP contribution in [0.3, 0.4) is 0 Å². The fraction of sp³-hybridized carbons (Fsp3) is 0.143. The van der Waals surface area contributed by atoms with Crippen molar-refractivity contribution in [3.05, 3.63) is 66.5 Å². The molecule has 0 unspecified atom stereocenters. The van der Waals surface area contributed by atoms with E-state index in [2.05, 4.69) is 21.1 Å². The molecule has 27 heavy (non-hydrogen) atoms. The van der Waals surface area contributed by atoms with Gasteiger partial charge in [0.1, 0.15) is 0 Å². The van der Waals surface area contributed by atoms with Crippen LogP contribution in [0, 0.1) is 0 Å². The first-order valence-electron chi connectivity index (χ1n) is 8.92. The van der Waals surface area contributed by atoms with Crippen LogP contribution in [0.5, 0.6) is 0 Å². The molecule has 3 heterocycles. The zero-order chi connectivity index (χ0) is 18.2. The van der Waals surface area contributed by atoms with Gasteiger partial charge in [-0.2, -0.15) is 0 Å². The van der Waals surface area contributed by atoms with Crippen LogP contribution in [0.1, 0.15) is 5.56 Å². The van der Waals surface area contributed by atoms with Gasteiger partial charge >= 0.3 is 0 Å². The van der Waals surface area contributed by atoms with Gasteiger partial charge in [0.2, 0.25) is 5.91 Å². The van der Waals surface area contributed by atoms with Crippen LogP contribution >= 0.6 is 11.8 Å². The van der Waals surface area contributed by atoms with E-state index in [-0.39, 0.29) is 5.91 Å². The van der Waals surface area contributed by atoms with Gasteiger partial charge in [-0.05, 0) is 17.7 Å². The van der Waals surface area contributed by atoms with Gasteiger partial charge in [-0.3, -0.25) is 4.79 Å². The second-order valence-corrected chi connectivity index (χ2v) is 7.64. The zero-order valence-electron chi connectivity index (χ0n) is 14.6. The van der Waals surface area contributed by atoms with Crippen molar-refractivity contribution in [3.8, 4) is 11.3 Å². The lowest BCUT2D eigenvalue weighted by Crippen LogP contribution is -2.14. The minimum absolute atomic E-state index is 0.0340. The highest BCUT2D eigenvalue weighted by Gasteiger charge is 2.18. The molecule has 2 aromatic heterocycles. The summed E-state index contributed by atoms with van der Waals surface area (Å²) in [6, 6.07) is 15.9. The topological polar surface area (TPSA) is 62.7 Å². The van der Waals surface area contributed by atoms with Gasteiger partial charge in [-0.25, -0.2) is 4.98 Å². The molecule has 134 valence electrons. The Morgan fingerprint density at radius 3 is 2.96 bits per heavy atom. The molecule has 0 saturated carbocycles. The number of hydrogen-bond acceptors (Lipinski definition) is 3. The molecule has 1 aliphatic rings. The second kappa shape index (κ2) is 6.63. The standard InChI is InChI=1S/C21H18N4OS/c26-20(11-14-12-22-17-7-3-1-5-15(14)17)23-18-8-4-2-6-16(18)19-13-25-9-10-27-21(25)24-19/h1-8,12-13,22H,9-11H2,(H,23,26). The molecule has 6 heteroatoms. The van der Waals surface area contributed by atoms with Crippen LogP contribution in [-0.4, -0.2) is 26.2 Å². The average molecular weight is 374 g/mol. The lowest BCUT2D eigenvalue weighted by atomic mass is 10.1. The van der Waals surface area contributed by atoms with Crippen LogP contribution in [0.2, 0.25) is 0 Å². The molecule has 0 atom stereocenters. The summed E-state index contributed by atoms with van der Waals surface area (Å²) >= 11 is 1.77. The Labute approximate surface area is 160 Å². The number of aromatic amines is 1. The molecule has 0 aliphatic carbocycles. The largest absolute Gasteiger partial charge is 0.361 e. The highest BCUT2D eigenvalue weighted by molar-refractivity contribution is 7.99. The number of carbonyl (C=O) groups is 1. The van der Waals surface area contributed by atoms with Gasteiger partial charge in [-0.1, -0.05) is 48.2 Å². The number of thioether (sulfide) groups is 1. The van der Waals surface area contributed by atoms with Gasteiger partial charge in [0.25, 0.3) is 0 Å². The summed E-state index contributed by atoms with van der Waals surface area (Å²) in [5, 5.41) is 5.20. The number of imidazole rings is 1. The SMILES string of the molecule is O=C(Cc1c[nH]c2ccccc12)Nc1ccccc1-c1cn2c(n1)SCC2. The Hall–Kier alpha value is -2.99. The average Bonchev–Trinajstić information content (AvgIpc) is 3.37. The Bertz CT molecular complexity index is 1120. The maximum absolute atomic E-state index is 12.7. The van der Waals surface area contributed by atoms with Crippen molar-refractivity contribution in [2.45, 2.75) is 18.1 Å². The number of amides is 1. The molecule has 5 rings (SSSR count). The summed E-state index contributed by atoms with van der Waals surface area (Å²) in [4.78, 5) is 20.6. The number of carbonyl (C=O) groups excluding carboxylic acids is 1. The number of rotatable bonds is 4. The van der Waals surface area contributed by atoms with Crippen LogP contribution in [0.25, 0.3) is 22.2 Å². The molecule has 2 N–H and O–H groups in total. The fourth-order valence-corrected chi connectivity index (χ4v) is 4.44. The minimum atomic E-state index is -0.0340. The van der Waals surface area contributed by atoms with Crippen molar-refractivity contribution in [1.82, 2.24) is 14.5 Å². The molecular weight excluding hydrogens is 356 g/mol. The first-order chi connectivity index (χ1) is 13.3. The number of fused-ring (bicyclic) bond motifs is 2. The number of nitrogens with one attached hydrogen (secondary N) is 2. The van der Waals surface area contributed by atoms with Crippen molar-refractivity contribution in [3.63, 3.8) is 0 Å². The fourth-order valence-electron chi connectivity index (χ4n) is 3.50. The van der Waals surface area contributed by atoms with Crippen molar-refractivity contribution in [2.24, 2.45) is 0 Å². The molecular formula is C21H18N4OS. The number of hydrogen-bond donors (Lipinski definition) is 2. The number of anilines is 1. The lowest BCUT2D eigenvalue weighted by Gasteiger charge is -2.09. The normalized spacial score (nSPS) is 13.0. The first kappa shape index (κ1) is 16.2. The Kier molecular flexibility index (Phi) is 3.98. The predicted molar refractivity (Wildman–Crippen MR) is 109 cm³/mol. The summed E-state index contributed by atoms with van der Waals surface area (Å²) in [6.45, 7) is 0.988. The molecule has 1 aliphatic heterocycles. The molecule has 0 radical (unpaired) electrons. The lowest BCUT2D eigenvalue weighted by molar-refractivity contribution is -0.115. The molecule has 4 aromatic rings. The van der Waals surface area contributed by atoms with E-state index in [9.17, 15) is 4.79 Å². The van der Waals surface area contributed by atoms with E-state index in [0.717, 1.165) is 50.9 Å². The zero-order valence-corrected chi connectivity index (χ0v) is 15.4. The van der Waals surface area contributed by atoms with Crippen molar-refractivity contribution in [1.29, 1.82) is 0 Å². The van der Waals surface area contributed by atoms with Gasteiger partial charge in [0.15, 0.2) is 5.16 Å². The molecule has 0 fully saturated rings. The third kappa shape index (κ3) is 3.02. The molecule has 0 saturated heterocycles. The first-order valence-corrected chi connectivity index (χ1v) is 9.91. The Balaban J connectivity index is 1.40. The van der Waals surface area contributed by atoms with E-state index in [4.69, 9.17) is 4.98 Å². The molecule has 1 amide bonds. The van der Waals surface area contributed by atoms with E-state index < -0.39 is 0 Å². The number of nitrogens with zero attached hydrogens (tertiary/aromatic N) is 2. The highest BCUT2D eigenvalue weighted by atomic mass is 32.2. The minimum Gasteiger partial charge on any atom is -0.361 e. The van der Waals surface area contributed by atoms with Gasteiger partial charge < -0.3 is 14.9 Å². The van der Waals surface area contributed by atoms with Crippen LogP contribution in [0.4, 0.5) is 5.69 Å². The third-order valence-electron chi connectivity index (χ3n) is 4.81. The number of benzene rings is 2. The van der Waals surface area contributed by atoms with E-state index in [1.165, 1.54) is 0 Å². The van der Waals surface area contributed by atoms with Crippen LogP contribution in [-0.2, 0) is 17.8 Å². The van der Waals surface area contributed by atoms with Crippen molar-refractivity contribution in [2.75, 3.05) is 11.1 Å². The van der Waals surface area contributed by atoms with Gasteiger partial charge in [-0.15, -0.1) is 0 Å². The highest BCUT2D eigenvalue weighted by Crippen LogP contribution is 2.32. The number of aryl methyl sites for hydroxylation is 1. The quantitative estimate of drug-likeness (QED) is 0.559. The third-order valence-corrected chi connectivity index (χ3v) is 5.78. The Morgan fingerprint density at radius 1 is 1.19 bits per heavy atom. The van der Waals surface area contributed by atoms with Crippen LogP contribution < -0.4 is 5.32 Å².